The predicted molar refractivity (Wildman–Crippen MR) is 76.6 cm³/mol. The van der Waals surface area contributed by atoms with Crippen LogP contribution < -0.4 is 16.1 Å². The van der Waals surface area contributed by atoms with Crippen molar-refractivity contribution in [2.45, 2.75) is 13.1 Å². The number of nitrogens with zero attached hydrogens (tertiary/aromatic N) is 3. The van der Waals surface area contributed by atoms with Gasteiger partial charge in [-0.1, -0.05) is 11.6 Å². The van der Waals surface area contributed by atoms with Crippen LogP contribution in [0, 0.1) is 5.82 Å². The first-order valence-electron chi connectivity index (χ1n) is 6.58. The molecule has 9 heteroatoms. The molecule has 3 rings (SSSR count). The zero-order valence-electron chi connectivity index (χ0n) is 11.7. The van der Waals surface area contributed by atoms with Crippen LogP contribution in [-0.4, -0.2) is 34.3 Å². The van der Waals surface area contributed by atoms with Gasteiger partial charge in [0.05, 0.1) is 44.1 Å². The van der Waals surface area contributed by atoms with Gasteiger partial charge in [0.1, 0.15) is 11.6 Å². The highest BCUT2D eigenvalue weighted by Crippen LogP contribution is 2.28. The molecule has 1 aromatic heterocycles. The average Bonchev–Trinajstić information content (AvgIpc) is 2.68. The van der Waals surface area contributed by atoms with Crippen molar-refractivity contribution in [2.24, 2.45) is 0 Å². The van der Waals surface area contributed by atoms with Crippen LogP contribution in [-0.2, 0) is 17.8 Å². The van der Waals surface area contributed by atoms with E-state index in [1.54, 1.807) is 0 Å². The lowest BCUT2D eigenvalue weighted by molar-refractivity contribution is 0.137. The van der Waals surface area contributed by atoms with E-state index in [2.05, 4.69) is 0 Å². The lowest BCUT2D eigenvalue weighted by Gasteiger charge is -2.07. The summed E-state index contributed by atoms with van der Waals surface area (Å²) in [6.45, 7) is 1.09. The van der Waals surface area contributed by atoms with Gasteiger partial charge in [0.2, 0.25) is 0 Å². The van der Waals surface area contributed by atoms with Crippen LogP contribution in [0.1, 0.15) is 0 Å². The molecule has 1 aliphatic heterocycles. The van der Waals surface area contributed by atoms with E-state index in [-0.39, 0.29) is 29.5 Å². The van der Waals surface area contributed by atoms with Crippen molar-refractivity contribution < 1.29 is 13.9 Å². The molecule has 0 fully saturated rings. The topological polar surface area (TPSA) is 67.4 Å². The smallest absolute Gasteiger partial charge is 0.351 e. The Balaban J connectivity index is 2.26. The van der Waals surface area contributed by atoms with Gasteiger partial charge in [-0.2, -0.15) is 0 Å². The summed E-state index contributed by atoms with van der Waals surface area (Å²) in [5, 5.41) is 0.0612. The first-order chi connectivity index (χ1) is 10.5. The fraction of sp³-hybridized carbons (Fsp3) is 0.385. The molecule has 22 heavy (non-hydrogen) atoms. The fourth-order valence-corrected chi connectivity index (χ4v) is 2.64. The third kappa shape index (κ3) is 2.24. The molecule has 0 amide bonds. The molecule has 0 N–H and O–H groups in total. The van der Waals surface area contributed by atoms with Crippen LogP contribution in [0.5, 0.6) is 5.75 Å². The minimum Gasteiger partial charge on any atom is -0.495 e. The molecule has 0 spiro atoms. The first kappa shape index (κ1) is 14.9. The second-order valence-corrected chi connectivity index (χ2v) is 5.10. The van der Waals surface area contributed by atoms with Crippen LogP contribution in [0.15, 0.2) is 21.7 Å². The molecular weight excluding hydrogens is 317 g/mol. The summed E-state index contributed by atoms with van der Waals surface area (Å²) >= 11 is 5.83. The summed E-state index contributed by atoms with van der Waals surface area (Å²) in [5.41, 5.74) is -1.44. The lowest BCUT2D eigenvalue weighted by Crippen LogP contribution is -2.29. The number of methoxy groups -OCH3 is 1. The van der Waals surface area contributed by atoms with E-state index in [0.29, 0.717) is 13.2 Å². The van der Waals surface area contributed by atoms with Gasteiger partial charge in [-0.15, -0.1) is 0 Å². The van der Waals surface area contributed by atoms with Gasteiger partial charge < -0.3 is 9.47 Å². The van der Waals surface area contributed by atoms with E-state index in [1.807, 2.05) is 0 Å². The molecule has 1 aliphatic rings. The molecule has 0 saturated heterocycles. The SMILES string of the molecule is COc1cc(-n2c(=O)n3n(c2=O)CCOCC3)c(F)cc1Cl. The van der Waals surface area contributed by atoms with Gasteiger partial charge in [0.25, 0.3) is 0 Å². The van der Waals surface area contributed by atoms with Gasteiger partial charge in [0, 0.05) is 6.07 Å². The summed E-state index contributed by atoms with van der Waals surface area (Å²) in [4.78, 5) is 24.9. The molecule has 7 nitrogen and oxygen atoms in total. The van der Waals surface area contributed by atoms with Crippen molar-refractivity contribution in [3.05, 3.63) is 43.9 Å². The van der Waals surface area contributed by atoms with Crippen LogP contribution in [0.2, 0.25) is 5.02 Å². The van der Waals surface area contributed by atoms with Crippen molar-refractivity contribution in [1.82, 2.24) is 13.9 Å². The zero-order valence-corrected chi connectivity index (χ0v) is 12.5. The number of hydrogen-bond donors (Lipinski definition) is 0. The van der Waals surface area contributed by atoms with E-state index in [0.717, 1.165) is 10.6 Å². The minimum atomic E-state index is -0.775. The Kier molecular flexibility index (Phi) is 3.79. The summed E-state index contributed by atoms with van der Waals surface area (Å²) in [6, 6.07) is 2.25. The van der Waals surface area contributed by atoms with Crippen LogP contribution in [0.25, 0.3) is 5.69 Å². The standard InChI is InChI=1S/C13H13ClFN3O4/c1-21-11-7-10(9(15)6-8(11)14)18-12(19)16-2-4-22-5-3-17(16)13(18)20/h6-7H,2-5H2,1H3. The van der Waals surface area contributed by atoms with Crippen molar-refractivity contribution in [2.75, 3.05) is 20.3 Å². The van der Waals surface area contributed by atoms with E-state index >= 15 is 0 Å². The average molecular weight is 330 g/mol. The van der Waals surface area contributed by atoms with Crippen LogP contribution >= 0.6 is 11.6 Å². The second-order valence-electron chi connectivity index (χ2n) is 4.70. The van der Waals surface area contributed by atoms with E-state index in [4.69, 9.17) is 21.1 Å². The number of fused-ring (bicyclic) bond motifs is 1. The predicted octanol–water partition coefficient (Wildman–Crippen LogP) is 0.632. The molecule has 1 aromatic carbocycles. The first-order valence-corrected chi connectivity index (χ1v) is 6.96. The number of aromatic nitrogens is 3. The Hall–Kier alpha value is -2.06. The molecule has 0 saturated carbocycles. The molecule has 2 aromatic rings. The van der Waals surface area contributed by atoms with E-state index in [1.165, 1.54) is 22.5 Å². The largest absolute Gasteiger partial charge is 0.495 e. The molecule has 0 radical (unpaired) electrons. The Morgan fingerprint density at radius 2 is 1.77 bits per heavy atom. The Labute approximate surface area is 129 Å². The van der Waals surface area contributed by atoms with Gasteiger partial charge in [0.15, 0.2) is 0 Å². The molecular formula is C13H13ClFN3O4. The summed E-state index contributed by atoms with van der Waals surface area (Å²) < 4.78 is 27.7. The maximum Gasteiger partial charge on any atom is 0.351 e. The molecule has 0 atom stereocenters. The summed E-state index contributed by atoms with van der Waals surface area (Å²) in [5.74, 6) is -0.596. The van der Waals surface area contributed by atoms with Crippen molar-refractivity contribution in [3.63, 3.8) is 0 Å². The van der Waals surface area contributed by atoms with Crippen molar-refractivity contribution >= 4 is 11.6 Å². The molecule has 0 unspecified atom stereocenters. The Bertz CT molecular complexity index is 802. The third-order valence-electron chi connectivity index (χ3n) is 3.47. The molecule has 2 heterocycles. The highest BCUT2D eigenvalue weighted by atomic mass is 35.5. The summed E-state index contributed by atoms with van der Waals surface area (Å²) in [7, 11) is 1.37. The molecule has 118 valence electrons. The number of rotatable bonds is 2. The van der Waals surface area contributed by atoms with Crippen LogP contribution in [0.3, 0.4) is 0 Å². The molecule has 0 aliphatic carbocycles. The highest BCUT2D eigenvalue weighted by molar-refractivity contribution is 6.32. The lowest BCUT2D eigenvalue weighted by atomic mass is 10.3. The zero-order chi connectivity index (χ0) is 15.9. The normalized spacial score (nSPS) is 14.5. The van der Waals surface area contributed by atoms with Crippen molar-refractivity contribution in [1.29, 1.82) is 0 Å². The summed E-state index contributed by atoms with van der Waals surface area (Å²) in [6.07, 6.45) is 0. The minimum absolute atomic E-state index is 0.0612. The number of benzene rings is 1. The van der Waals surface area contributed by atoms with E-state index < -0.39 is 17.2 Å². The monoisotopic (exact) mass is 329 g/mol. The number of halogens is 2. The third-order valence-corrected chi connectivity index (χ3v) is 3.77. The van der Waals surface area contributed by atoms with E-state index in [9.17, 15) is 14.0 Å². The maximum absolute atomic E-state index is 14.2. The Morgan fingerprint density at radius 3 is 2.32 bits per heavy atom. The molecule has 0 bridgehead atoms. The maximum atomic E-state index is 14.2. The quantitative estimate of drug-likeness (QED) is 0.810. The van der Waals surface area contributed by atoms with Gasteiger partial charge in [-0.05, 0) is 6.07 Å². The highest BCUT2D eigenvalue weighted by Gasteiger charge is 2.22. The van der Waals surface area contributed by atoms with Gasteiger partial charge in [-0.25, -0.2) is 27.9 Å². The van der Waals surface area contributed by atoms with Gasteiger partial charge >= 0.3 is 11.4 Å². The fourth-order valence-electron chi connectivity index (χ4n) is 2.41. The van der Waals surface area contributed by atoms with Gasteiger partial charge in [-0.3, -0.25) is 0 Å². The van der Waals surface area contributed by atoms with Crippen molar-refractivity contribution in [3.8, 4) is 11.4 Å². The number of ether oxygens (including phenoxy) is 2. The second kappa shape index (κ2) is 5.62. The Morgan fingerprint density at radius 1 is 1.18 bits per heavy atom. The van der Waals surface area contributed by atoms with Crippen LogP contribution in [0.4, 0.5) is 4.39 Å². The number of hydrogen-bond acceptors (Lipinski definition) is 4.